The molecule has 0 saturated heterocycles. The van der Waals surface area contributed by atoms with Crippen LogP contribution in [0.1, 0.15) is 11.3 Å². The van der Waals surface area contributed by atoms with E-state index in [2.05, 4.69) is 15.3 Å². The van der Waals surface area contributed by atoms with Crippen LogP contribution in [0.25, 0.3) is 11.4 Å². The van der Waals surface area contributed by atoms with Crippen molar-refractivity contribution < 1.29 is 17.9 Å². The molecule has 0 unspecified atom stereocenters. The molecule has 0 saturated carbocycles. The standard InChI is InChI=1S/C27H23ClN4O5S/c1-17-13-25(33)31-27(29-17)19-6-4-7-20(14-19)30-26(34)16-37-24-10-9-21(15-22(24)28)38(35,36)32-12-11-18-5-2-3-8-23(18)32/h2-10,13-15H,11-12,16H2,1H3,(H,30,34)(H,29,31,33). The second kappa shape index (κ2) is 10.3. The molecule has 0 fully saturated rings. The van der Waals surface area contributed by atoms with Crippen LogP contribution in [0, 0.1) is 6.92 Å². The summed E-state index contributed by atoms with van der Waals surface area (Å²) in [5, 5.41) is 2.80. The molecule has 1 aliphatic rings. The number of carbonyl (C=O) groups excluding carboxylic acids is 1. The van der Waals surface area contributed by atoms with Gasteiger partial charge in [0.15, 0.2) is 6.61 Å². The van der Waals surface area contributed by atoms with Crippen molar-refractivity contribution in [2.75, 3.05) is 22.8 Å². The molecule has 0 bridgehead atoms. The highest BCUT2D eigenvalue weighted by atomic mass is 35.5. The molecule has 1 aromatic heterocycles. The third-order valence-electron chi connectivity index (χ3n) is 5.98. The van der Waals surface area contributed by atoms with Crippen molar-refractivity contribution in [1.29, 1.82) is 0 Å². The van der Waals surface area contributed by atoms with Gasteiger partial charge in [-0.25, -0.2) is 13.4 Å². The molecular formula is C27H23ClN4O5S. The molecule has 0 radical (unpaired) electrons. The number of hydrogen-bond donors (Lipinski definition) is 2. The fourth-order valence-corrected chi connectivity index (χ4v) is 6.07. The summed E-state index contributed by atoms with van der Waals surface area (Å²) in [6.07, 6.45) is 0.641. The zero-order valence-corrected chi connectivity index (χ0v) is 21.8. The number of hydrogen-bond acceptors (Lipinski definition) is 6. The highest BCUT2D eigenvalue weighted by molar-refractivity contribution is 7.92. The quantitative estimate of drug-likeness (QED) is 0.356. The summed E-state index contributed by atoms with van der Waals surface area (Å²) in [4.78, 5) is 31.3. The number of aromatic amines is 1. The summed E-state index contributed by atoms with van der Waals surface area (Å²) in [6.45, 7) is 1.73. The number of nitrogens with one attached hydrogen (secondary N) is 2. The number of rotatable bonds is 7. The summed E-state index contributed by atoms with van der Waals surface area (Å²) in [5.41, 5.74) is 3.06. The molecule has 0 aliphatic carbocycles. The Bertz CT molecular complexity index is 1700. The molecule has 38 heavy (non-hydrogen) atoms. The third kappa shape index (κ3) is 5.27. The molecule has 0 spiro atoms. The van der Waals surface area contributed by atoms with Gasteiger partial charge in [0.2, 0.25) is 0 Å². The minimum atomic E-state index is -3.81. The summed E-state index contributed by atoms with van der Waals surface area (Å²) in [6, 6.07) is 19.8. The van der Waals surface area contributed by atoms with Crippen molar-refractivity contribution in [1.82, 2.24) is 9.97 Å². The van der Waals surface area contributed by atoms with Crippen LogP contribution in [0.4, 0.5) is 11.4 Å². The molecule has 2 heterocycles. The van der Waals surface area contributed by atoms with Crippen molar-refractivity contribution in [2.24, 2.45) is 0 Å². The van der Waals surface area contributed by atoms with Crippen molar-refractivity contribution in [3.8, 4) is 17.1 Å². The maximum Gasteiger partial charge on any atom is 0.264 e. The van der Waals surface area contributed by atoms with E-state index < -0.39 is 15.9 Å². The first-order valence-corrected chi connectivity index (χ1v) is 13.5. The number of amides is 1. The summed E-state index contributed by atoms with van der Waals surface area (Å²) in [5.74, 6) is 0.119. The maximum absolute atomic E-state index is 13.2. The smallest absolute Gasteiger partial charge is 0.264 e. The minimum absolute atomic E-state index is 0.0376. The fraction of sp³-hybridized carbons (Fsp3) is 0.148. The van der Waals surface area contributed by atoms with E-state index in [1.165, 1.54) is 28.6 Å². The maximum atomic E-state index is 13.2. The molecule has 3 aromatic carbocycles. The largest absolute Gasteiger partial charge is 0.482 e. The van der Waals surface area contributed by atoms with E-state index in [9.17, 15) is 18.0 Å². The van der Waals surface area contributed by atoms with E-state index in [0.29, 0.717) is 41.4 Å². The van der Waals surface area contributed by atoms with Crippen LogP contribution in [0.3, 0.4) is 0 Å². The van der Waals surface area contributed by atoms with Crippen LogP contribution in [-0.2, 0) is 21.2 Å². The van der Waals surface area contributed by atoms with Gasteiger partial charge in [0.25, 0.3) is 21.5 Å². The Morgan fingerprint density at radius 2 is 1.92 bits per heavy atom. The molecule has 2 N–H and O–H groups in total. The zero-order valence-electron chi connectivity index (χ0n) is 20.3. The molecule has 11 heteroatoms. The van der Waals surface area contributed by atoms with Crippen molar-refractivity contribution in [3.63, 3.8) is 0 Å². The number of fused-ring (bicyclic) bond motifs is 1. The molecule has 9 nitrogen and oxygen atoms in total. The predicted molar refractivity (Wildman–Crippen MR) is 145 cm³/mol. The van der Waals surface area contributed by atoms with Gasteiger partial charge in [0, 0.05) is 29.6 Å². The van der Waals surface area contributed by atoms with Gasteiger partial charge in [-0.3, -0.25) is 13.9 Å². The number of halogens is 1. The van der Waals surface area contributed by atoms with Gasteiger partial charge < -0.3 is 15.0 Å². The van der Waals surface area contributed by atoms with Crippen LogP contribution < -0.4 is 19.9 Å². The molecule has 5 rings (SSSR count). The number of ether oxygens (including phenoxy) is 1. The van der Waals surface area contributed by atoms with Crippen LogP contribution in [0.5, 0.6) is 5.75 Å². The van der Waals surface area contributed by atoms with E-state index >= 15 is 0 Å². The number of aromatic nitrogens is 2. The van der Waals surface area contributed by atoms with E-state index in [4.69, 9.17) is 16.3 Å². The topological polar surface area (TPSA) is 121 Å². The van der Waals surface area contributed by atoms with Gasteiger partial charge in [0.1, 0.15) is 11.6 Å². The van der Waals surface area contributed by atoms with Crippen LogP contribution in [-0.4, -0.2) is 37.4 Å². The van der Waals surface area contributed by atoms with E-state index in [1.807, 2.05) is 12.1 Å². The monoisotopic (exact) mass is 550 g/mol. The third-order valence-corrected chi connectivity index (χ3v) is 8.09. The van der Waals surface area contributed by atoms with Crippen LogP contribution in [0.2, 0.25) is 5.02 Å². The Morgan fingerprint density at radius 3 is 2.71 bits per heavy atom. The molecule has 1 amide bonds. The highest BCUT2D eigenvalue weighted by Gasteiger charge is 2.31. The molecule has 0 atom stereocenters. The SMILES string of the molecule is Cc1cc(=O)[nH]c(-c2cccc(NC(=O)COc3ccc(S(=O)(=O)N4CCc5ccccc54)cc3Cl)c2)n1. The van der Waals surface area contributed by atoms with Crippen molar-refractivity contribution in [2.45, 2.75) is 18.2 Å². The molecule has 1 aliphatic heterocycles. The summed E-state index contributed by atoms with van der Waals surface area (Å²) in [7, 11) is -3.81. The number of nitrogens with zero attached hydrogens (tertiary/aromatic N) is 2. The average molecular weight is 551 g/mol. The molecule has 194 valence electrons. The van der Waals surface area contributed by atoms with E-state index in [1.54, 1.807) is 43.3 Å². The lowest BCUT2D eigenvalue weighted by Gasteiger charge is -2.20. The minimum Gasteiger partial charge on any atom is -0.482 e. The van der Waals surface area contributed by atoms with Gasteiger partial charge in [-0.05, 0) is 55.3 Å². The summed E-state index contributed by atoms with van der Waals surface area (Å²) < 4.78 is 33.4. The van der Waals surface area contributed by atoms with Gasteiger partial charge in [-0.2, -0.15) is 0 Å². The number of aryl methyl sites for hydroxylation is 1. The number of benzene rings is 3. The van der Waals surface area contributed by atoms with Gasteiger partial charge >= 0.3 is 0 Å². The van der Waals surface area contributed by atoms with Gasteiger partial charge in [0.05, 0.1) is 15.6 Å². The number of carbonyl (C=O) groups is 1. The van der Waals surface area contributed by atoms with Gasteiger partial charge in [-0.1, -0.05) is 41.9 Å². The Morgan fingerprint density at radius 1 is 1.11 bits per heavy atom. The average Bonchev–Trinajstić information content (AvgIpc) is 3.33. The number of sulfonamides is 1. The number of H-pyrrole nitrogens is 1. The Labute approximate surface area is 224 Å². The lowest BCUT2D eigenvalue weighted by atomic mass is 10.2. The normalized spacial score (nSPS) is 12.7. The second-order valence-electron chi connectivity index (χ2n) is 8.70. The first-order chi connectivity index (χ1) is 18.2. The fourth-order valence-electron chi connectivity index (χ4n) is 4.24. The van der Waals surface area contributed by atoms with Crippen molar-refractivity contribution >= 4 is 38.9 Å². The first kappa shape index (κ1) is 25.5. The van der Waals surface area contributed by atoms with Crippen molar-refractivity contribution in [3.05, 3.63) is 99.4 Å². The number of para-hydroxylation sites is 1. The van der Waals surface area contributed by atoms with Crippen LogP contribution in [0.15, 0.2) is 82.5 Å². The lowest BCUT2D eigenvalue weighted by molar-refractivity contribution is -0.118. The first-order valence-electron chi connectivity index (χ1n) is 11.7. The summed E-state index contributed by atoms with van der Waals surface area (Å²) >= 11 is 6.32. The Balaban J connectivity index is 1.25. The van der Waals surface area contributed by atoms with Gasteiger partial charge in [-0.15, -0.1) is 0 Å². The van der Waals surface area contributed by atoms with E-state index in [0.717, 1.165) is 5.56 Å². The number of anilines is 2. The Kier molecular flexibility index (Phi) is 6.92. The van der Waals surface area contributed by atoms with Crippen LogP contribution >= 0.6 is 11.6 Å². The molecule has 4 aromatic rings. The second-order valence-corrected chi connectivity index (χ2v) is 11.0. The highest BCUT2D eigenvalue weighted by Crippen LogP contribution is 2.35. The molecular weight excluding hydrogens is 528 g/mol. The predicted octanol–water partition coefficient (Wildman–Crippen LogP) is 4.17. The zero-order chi connectivity index (χ0) is 26.9. The van der Waals surface area contributed by atoms with E-state index in [-0.39, 0.29) is 27.8 Å². The Hall–Kier alpha value is -4.15. The lowest BCUT2D eigenvalue weighted by Crippen LogP contribution is -2.29.